The molecule has 2 N–H and O–H groups in total. The Morgan fingerprint density at radius 3 is 2.65 bits per heavy atom. The van der Waals surface area contributed by atoms with Gasteiger partial charge in [-0.2, -0.15) is 0 Å². The minimum Gasteiger partial charge on any atom is -0.447 e. The van der Waals surface area contributed by atoms with Crippen molar-refractivity contribution < 1.29 is 14.3 Å². The lowest BCUT2D eigenvalue weighted by molar-refractivity contribution is 0.0658. The van der Waals surface area contributed by atoms with Crippen molar-refractivity contribution in [1.82, 2.24) is 20.1 Å². The van der Waals surface area contributed by atoms with E-state index in [1.165, 1.54) is 25.5 Å². The first kappa shape index (κ1) is 19.3. The van der Waals surface area contributed by atoms with Crippen molar-refractivity contribution in [2.45, 2.75) is 64.1 Å². The third-order valence-corrected chi connectivity index (χ3v) is 5.49. The van der Waals surface area contributed by atoms with E-state index in [2.05, 4.69) is 20.1 Å². The number of hydrogen-bond acceptors (Lipinski definition) is 6. The first-order valence-electron chi connectivity index (χ1n) is 10.0. The van der Waals surface area contributed by atoms with E-state index in [-0.39, 0.29) is 18.1 Å². The molecule has 0 radical (unpaired) electrons. The van der Waals surface area contributed by atoms with Gasteiger partial charge in [-0.25, -0.2) is 4.98 Å². The van der Waals surface area contributed by atoms with Crippen molar-refractivity contribution in [2.24, 2.45) is 0 Å². The Labute approximate surface area is 155 Å². The molecule has 2 aliphatic rings. The number of β-amino-alcohol motifs (C(OH)–C–C–N with tert-alkyl or cyclic N) is 1. The molecule has 1 amide bonds. The first-order chi connectivity index (χ1) is 12.6. The molecule has 0 bridgehead atoms. The predicted octanol–water partition coefficient (Wildman–Crippen LogP) is 1.63. The fourth-order valence-corrected chi connectivity index (χ4v) is 3.74. The molecule has 1 aliphatic carbocycles. The zero-order valence-corrected chi connectivity index (χ0v) is 15.8. The zero-order chi connectivity index (χ0) is 18.4. The SMILES string of the molecule is CC[C@H](O)CN1CCN(Cc2nc(C(=O)NC3CCCCC3)co2)CC1. The molecule has 1 aliphatic heterocycles. The van der Waals surface area contributed by atoms with E-state index in [1.54, 1.807) is 0 Å². The molecule has 0 aromatic carbocycles. The Morgan fingerprint density at radius 2 is 1.96 bits per heavy atom. The molecule has 1 atom stereocenters. The number of oxazole rings is 1. The average Bonchev–Trinajstić information content (AvgIpc) is 3.13. The highest BCUT2D eigenvalue weighted by atomic mass is 16.3. The van der Waals surface area contributed by atoms with Gasteiger partial charge in [0, 0.05) is 38.8 Å². The second-order valence-electron chi connectivity index (χ2n) is 7.57. The maximum atomic E-state index is 12.3. The van der Waals surface area contributed by atoms with Crippen LogP contribution in [-0.2, 0) is 6.54 Å². The summed E-state index contributed by atoms with van der Waals surface area (Å²) in [4.78, 5) is 21.3. The summed E-state index contributed by atoms with van der Waals surface area (Å²) in [5, 5.41) is 12.8. The molecule has 1 aromatic rings. The van der Waals surface area contributed by atoms with E-state index < -0.39 is 0 Å². The number of amides is 1. The van der Waals surface area contributed by atoms with Crippen molar-refractivity contribution in [3.63, 3.8) is 0 Å². The van der Waals surface area contributed by atoms with Gasteiger partial charge in [-0.15, -0.1) is 0 Å². The molecular weight excluding hydrogens is 332 g/mol. The highest BCUT2D eigenvalue weighted by Crippen LogP contribution is 2.18. The second-order valence-corrected chi connectivity index (χ2v) is 7.57. The molecule has 0 unspecified atom stereocenters. The van der Waals surface area contributed by atoms with Gasteiger partial charge in [0.25, 0.3) is 5.91 Å². The van der Waals surface area contributed by atoms with E-state index in [1.807, 2.05) is 6.92 Å². The van der Waals surface area contributed by atoms with Crippen LogP contribution >= 0.6 is 0 Å². The zero-order valence-electron chi connectivity index (χ0n) is 15.8. The van der Waals surface area contributed by atoms with Crippen molar-refractivity contribution in [2.75, 3.05) is 32.7 Å². The predicted molar refractivity (Wildman–Crippen MR) is 98.9 cm³/mol. The molecule has 0 spiro atoms. The summed E-state index contributed by atoms with van der Waals surface area (Å²) in [5.41, 5.74) is 0.385. The summed E-state index contributed by atoms with van der Waals surface area (Å²) >= 11 is 0. The van der Waals surface area contributed by atoms with Gasteiger partial charge in [0.2, 0.25) is 5.89 Å². The number of hydrogen-bond donors (Lipinski definition) is 2. The summed E-state index contributed by atoms with van der Waals surface area (Å²) in [5.74, 6) is 0.478. The van der Waals surface area contributed by atoms with Crippen LogP contribution in [0, 0.1) is 0 Å². The van der Waals surface area contributed by atoms with Crippen LogP contribution in [0.3, 0.4) is 0 Å². The largest absolute Gasteiger partial charge is 0.447 e. The summed E-state index contributed by atoms with van der Waals surface area (Å²) in [6.45, 7) is 7.09. The third-order valence-electron chi connectivity index (χ3n) is 5.49. The number of aliphatic hydroxyl groups excluding tert-OH is 1. The molecule has 1 aromatic heterocycles. The van der Waals surface area contributed by atoms with Gasteiger partial charge in [0.15, 0.2) is 5.69 Å². The molecule has 2 heterocycles. The minimum absolute atomic E-state index is 0.120. The first-order valence-corrected chi connectivity index (χ1v) is 10.0. The lowest BCUT2D eigenvalue weighted by Gasteiger charge is -2.34. The van der Waals surface area contributed by atoms with Crippen LogP contribution in [-0.4, -0.2) is 70.7 Å². The van der Waals surface area contributed by atoms with E-state index in [4.69, 9.17) is 4.42 Å². The van der Waals surface area contributed by atoms with Gasteiger partial charge < -0.3 is 14.8 Å². The number of rotatable bonds is 7. The Kier molecular flexibility index (Phi) is 7.05. The maximum Gasteiger partial charge on any atom is 0.273 e. The van der Waals surface area contributed by atoms with Crippen molar-refractivity contribution in [3.8, 4) is 0 Å². The van der Waals surface area contributed by atoms with Gasteiger partial charge in [-0.05, 0) is 19.3 Å². The number of aromatic nitrogens is 1. The number of nitrogens with zero attached hydrogens (tertiary/aromatic N) is 3. The Hall–Kier alpha value is -1.44. The van der Waals surface area contributed by atoms with Gasteiger partial charge in [-0.1, -0.05) is 26.2 Å². The quantitative estimate of drug-likeness (QED) is 0.765. The molecule has 7 nitrogen and oxygen atoms in total. The Balaban J connectivity index is 1.43. The number of carbonyl (C=O) groups excluding carboxylic acids is 1. The van der Waals surface area contributed by atoms with Crippen LogP contribution < -0.4 is 5.32 Å². The van der Waals surface area contributed by atoms with Gasteiger partial charge in [0.05, 0.1) is 12.6 Å². The fraction of sp³-hybridized carbons (Fsp3) is 0.789. The molecular formula is C19H32N4O3. The average molecular weight is 364 g/mol. The topological polar surface area (TPSA) is 81.8 Å². The van der Waals surface area contributed by atoms with E-state index >= 15 is 0 Å². The summed E-state index contributed by atoms with van der Waals surface area (Å²) < 4.78 is 5.52. The minimum atomic E-state index is -0.237. The molecule has 7 heteroatoms. The molecule has 1 saturated heterocycles. The highest BCUT2D eigenvalue weighted by molar-refractivity contribution is 5.92. The van der Waals surface area contributed by atoms with Crippen molar-refractivity contribution in [3.05, 3.63) is 17.8 Å². The molecule has 2 fully saturated rings. The summed E-state index contributed by atoms with van der Waals surface area (Å²) in [7, 11) is 0. The Bertz CT molecular complexity index is 563. The van der Waals surface area contributed by atoms with Gasteiger partial charge in [-0.3, -0.25) is 14.6 Å². The van der Waals surface area contributed by atoms with E-state index in [0.717, 1.165) is 52.0 Å². The Morgan fingerprint density at radius 1 is 1.27 bits per heavy atom. The normalized spacial score (nSPS) is 21.6. The van der Waals surface area contributed by atoms with Crippen molar-refractivity contribution >= 4 is 5.91 Å². The van der Waals surface area contributed by atoms with Gasteiger partial charge in [0.1, 0.15) is 6.26 Å². The molecule has 3 rings (SSSR count). The monoisotopic (exact) mass is 364 g/mol. The number of piperazine rings is 1. The summed E-state index contributed by atoms with van der Waals surface area (Å²) in [6.07, 6.45) is 7.81. The number of nitrogens with one attached hydrogen (secondary N) is 1. The molecule has 146 valence electrons. The number of carbonyl (C=O) groups is 1. The van der Waals surface area contributed by atoms with Crippen LogP contribution in [0.4, 0.5) is 0 Å². The van der Waals surface area contributed by atoms with E-state index in [9.17, 15) is 9.90 Å². The standard InChI is InChI=1S/C19H32N4O3/c1-2-16(24)12-22-8-10-23(11-9-22)13-18-21-17(14-26-18)19(25)20-15-6-4-3-5-7-15/h14-16,24H,2-13H2,1H3,(H,20,25)/t16-/m0/s1. The highest BCUT2D eigenvalue weighted by Gasteiger charge is 2.22. The summed E-state index contributed by atoms with van der Waals surface area (Å²) in [6, 6.07) is 0.281. The van der Waals surface area contributed by atoms with Crippen LogP contribution in [0.15, 0.2) is 10.7 Å². The van der Waals surface area contributed by atoms with Gasteiger partial charge >= 0.3 is 0 Å². The van der Waals surface area contributed by atoms with Crippen LogP contribution in [0.5, 0.6) is 0 Å². The molecule has 1 saturated carbocycles. The third kappa shape index (κ3) is 5.53. The lowest BCUT2D eigenvalue weighted by Crippen LogP contribution is -2.48. The number of aliphatic hydroxyl groups is 1. The second kappa shape index (κ2) is 9.48. The molecule has 26 heavy (non-hydrogen) atoms. The van der Waals surface area contributed by atoms with E-state index in [0.29, 0.717) is 18.1 Å². The smallest absolute Gasteiger partial charge is 0.273 e. The van der Waals surface area contributed by atoms with Crippen LogP contribution in [0.2, 0.25) is 0 Å². The maximum absolute atomic E-state index is 12.3. The lowest BCUT2D eigenvalue weighted by atomic mass is 9.95. The van der Waals surface area contributed by atoms with Crippen LogP contribution in [0.25, 0.3) is 0 Å². The van der Waals surface area contributed by atoms with Crippen molar-refractivity contribution in [1.29, 1.82) is 0 Å². The fourth-order valence-electron chi connectivity index (χ4n) is 3.74. The van der Waals surface area contributed by atoms with Crippen LogP contribution in [0.1, 0.15) is 61.8 Å².